The van der Waals surface area contributed by atoms with Gasteiger partial charge < -0.3 is 4.74 Å². The van der Waals surface area contributed by atoms with E-state index < -0.39 is 0 Å². The van der Waals surface area contributed by atoms with Crippen molar-refractivity contribution in [1.82, 2.24) is 4.90 Å². The van der Waals surface area contributed by atoms with Gasteiger partial charge >= 0.3 is 0 Å². The van der Waals surface area contributed by atoms with E-state index >= 15 is 0 Å². The fourth-order valence-corrected chi connectivity index (χ4v) is 2.39. The van der Waals surface area contributed by atoms with Crippen LogP contribution in [0.15, 0.2) is 0 Å². The van der Waals surface area contributed by atoms with E-state index in [1.54, 1.807) is 0 Å². The number of rotatable bonds is 4. The number of hydrogen-bond donors (Lipinski definition) is 0. The summed E-state index contributed by atoms with van der Waals surface area (Å²) in [6.45, 7) is 15.9. The molecule has 0 spiro atoms. The predicted molar refractivity (Wildman–Crippen MR) is 69.8 cm³/mol. The summed E-state index contributed by atoms with van der Waals surface area (Å²) in [7, 11) is 0. The summed E-state index contributed by atoms with van der Waals surface area (Å²) in [4.78, 5) is 2.62. The molecule has 1 rings (SSSR count). The molecule has 0 bridgehead atoms. The molecule has 0 aliphatic carbocycles. The Morgan fingerprint density at radius 2 is 1.81 bits per heavy atom. The van der Waals surface area contributed by atoms with E-state index in [0.717, 1.165) is 13.0 Å². The van der Waals surface area contributed by atoms with Crippen molar-refractivity contribution in [1.29, 1.82) is 0 Å². The second-order valence-corrected chi connectivity index (χ2v) is 6.02. The van der Waals surface area contributed by atoms with Crippen LogP contribution >= 0.6 is 0 Å². The van der Waals surface area contributed by atoms with E-state index in [1.807, 2.05) is 0 Å². The first kappa shape index (κ1) is 14.0. The van der Waals surface area contributed by atoms with Gasteiger partial charge in [-0.1, -0.05) is 20.3 Å². The molecule has 0 N–H and O–H groups in total. The topological polar surface area (TPSA) is 12.5 Å². The molecule has 96 valence electrons. The van der Waals surface area contributed by atoms with Gasteiger partial charge in [0.15, 0.2) is 0 Å². The Balaban J connectivity index is 2.78. The maximum atomic E-state index is 6.21. The molecule has 1 heterocycles. The summed E-state index contributed by atoms with van der Waals surface area (Å²) in [5, 5.41) is 0. The highest BCUT2D eigenvalue weighted by atomic mass is 16.5. The summed E-state index contributed by atoms with van der Waals surface area (Å²) in [5.41, 5.74) is 0.0769. The molecule has 1 fully saturated rings. The van der Waals surface area contributed by atoms with Gasteiger partial charge in [0.1, 0.15) is 0 Å². The van der Waals surface area contributed by atoms with Gasteiger partial charge in [0.05, 0.1) is 11.7 Å². The van der Waals surface area contributed by atoms with Crippen molar-refractivity contribution in [2.24, 2.45) is 0 Å². The monoisotopic (exact) mass is 227 g/mol. The third-order valence-electron chi connectivity index (χ3n) is 4.39. The fourth-order valence-electron chi connectivity index (χ4n) is 2.39. The SMILES string of the molecule is CCCCN1CC(CC)OC(C)(C)C1(C)C. The quantitative estimate of drug-likeness (QED) is 0.729. The first-order valence-corrected chi connectivity index (χ1v) is 6.78. The van der Waals surface area contributed by atoms with Gasteiger partial charge in [-0.05, 0) is 47.1 Å². The Morgan fingerprint density at radius 1 is 1.19 bits per heavy atom. The van der Waals surface area contributed by atoms with Gasteiger partial charge in [-0.2, -0.15) is 0 Å². The van der Waals surface area contributed by atoms with Crippen LogP contribution in [0.2, 0.25) is 0 Å². The molecule has 0 aromatic rings. The molecule has 0 radical (unpaired) electrons. The maximum absolute atomic E-state index is 6.21. The number of morpholine rings is 1. The number of nitrogens with zero attached hydrogens (tertiary/aromatic N) is 1. The molecule has 0 aromatic heterocycles. The third-order valence-corrected chi connectivity index (χ3v) is 4.39. The van der Waals surface area contributed by atoms with Gasteiger partial charge in [0, 0.05) is 12.1 Å². The first-order chi connectivity index (χ1) is 7.35. The highest BCUT2D eigenvalue weighted by molar-refractivity contribution is 5.01. The molecule has 1 saturated heterocycles. The smallest absolute Gasteiger partial charge is 0.0808 e. The second-order valence-electron chi connectivity index (χ2n) is 6.02. The molecule has 0 saturated carbocycles. The zero-order valence-electron chi connectivity index (χ0n) is 12.0. The minimum atomic E-state index is -0.0559. The molecule has 1 aliphatic heterocycles. The van der Waals surface area contributed by atoms with Crippen LogP contribution < -0.4 is 0 Å². The summed E-state index contributed by atoms with van der Waals surface area (Å²) in [5.74, 6) is 0. The summed E-state index contributed by atoms with van der Waals surface area (Å²) < 4.78 is 6.21. The normalized spacial score (nSPS) is 29.2. The van der Waals surface area contributed by atoms with Crippen molar-refractivity contribution >= 4 is 0 Å². The Bertz CT molecular complexity index is 223. The Hall–Kier alpha value is -0.0800. The zero-order valence-corrected chi connectivity index (χ0v) is 12.0. The fraction of sp³-hybridized carbons (Fsp3) is 1.00. The van der Waals surface area contributed by atoms with Gasteiger partial charge in [0.2, 0.25) is 0 Å². The second kappa shape index (κ2) is 5.05. The maximum Gasteiger partial charge on any atom is 0.0808 e. The number of ether oxygens (including phenoxy) is 1. The molecular weight excluding hydrogens is 198 g/mol. The minimum absolute atomic E-state index is 0.0559. The van der Waals surface area contributed by atoms with Crippen LogP contribution in [-0.2, 0) is 4.74 Å². The van der Waals surface area contributed by atoms with Crippen molar-refractivity contribution in [2.45, 2.75) is 78.0 Å². The van der Waals surface area contributed by atoms with E-state index in [2.05, 4.69) is 46.4 Å². The molecule has 2 heteroatoms. The Labute approximate surface area is 101 Å². The third kappa shape index (κ3) is 2.60. The Kier molecular flexibility index (Phi) is 4.42. The molecule has 0 aromatic carbocycles. The molecule has 2 nitrogen and oxygen atoms in total. The van der Waals surface area contributed by atoms with Crippen LogP contribution in [0.3, 0.4) is 0 Å². The van der Waals surface area contributed by atoms with Crippen LogP contribution in [0, 0.1) is 0 Å². The minimum Gasteiger partial charge on any atom is -0.369 e. The van der Waals surface area contributed by atoms with Gasteiger partial charge in [-0.15, -0.1) is 0 Å². The van der Waals surface area contributed by atoms with Gasteiger partial charge in [-0.3, -0.25) is 4.90 Å². The van der Waals surface area contributed by atoms with E-state index in [4.69, 9.17) is 4.74 Å². The van der Waals surface area contributed by atoms with Crippen LogP contribution in [-0.4, -0.2) is 35.2 Å². The van der Waals surface area contributed by atoms with Crippen molar-refractivity contribution in [2.75, 3.05) is 13.1 Å². The molecule has 16 heavy (non-hydrogen) atoms. The lowest BCUT2D eigenvalue weighted by Crippen LogP contribution is -2.66. The van der Waals surface area contributed by atoms with Crippen molar-refractivity contribution in [3.05, 3.63) is 0 Å². The number of hydrogen-bond acceptors (Lipinski definition) is 2. The lowest BCUT2D eigenvalue weighted by atomic mass is 9.81. The van der Waals surface area contributed by atoms with E-state index in [-0.39, 0.29) is 11.1 Å². The molecule has 1 atom stereocenters. The summed E-state index contributed by atoms with van der Waals surface area (Å²) in [6.07, 6.45) is 4.07. The number of unbranched alkanes of at least 4 members (excludes halogenated alkanes) is 1. The van der Waals surface area contributed by atoms with Crippen molar-refractivity contribution < 1.29 is 4.74 Å². The average Bonchev–Trinajstić information content (AvgIpc) is 2.20. The van der Waals surface area contributed by atoms with Crippen LogP contribution in [0.5, 0.6) is 0 Å². The van der Waals surface area contributed by atoms with E-state index in [1.165, 1.54) is 19.4 Å². The molecular formula is C14H29NO. The summed E-state index contributed by atoms with van der Waals surface area (Å²) >= 11 is 0. The predicted octanol–water partition coefficient (Wildman–Crippen LogP) is 3.45. The van der Waals surface area contributed by atoms with Gasteiger partial charge in [-0.25, -0.2) is 0 Å². The van der Waals surface area contributed by atoms with Crippen LogP contribution in [0.4, 0.5) is 0 Å². The highest BCUT2D eigenvalue weighted by Crippen LogP contribution is 2.37. The van der Waals surface area contributed by atoms with Crippen LogP contribution in [0.25, 0.3) is 0 Å². The van der Waals surface area contributed by atoms with Crippen molar-refractivity contribution in [3.63, 3.8) is 0 Å². The zero-order chi connectivity index (χ0) is 12.4. The standard InChI is InChI=1S/C14H29NO/c1-7-9-10-15-11-12(8-2)16-14(5,6)13(15,3)4/h12H,7-11H2,1-6H3. The lowest BCUT2D eigenvalue weighted by Gasteiger charge is -2.55. The van der Waals surface area contributed by atoms with Gasteiger partial charge in [0.25, 0.3) is 0 Å². The van der Waals surface area contributed by atoms with E-state index in [0.29, 0.717) is 6.10 Å². The largest absolute Gasteiger partial charge is 0.369 e. The summed E-state index contributed by atoms with van der Waals surface area (Å²) in [6, 6.07) is 0. The molecule has 1 aliphatic rings. The van der Waals surface area contributed by atoms with Crippen molar-refractivity contribution in [3.8, 4) is 0 Å². The molecule has 1 unspecified atom stereocenters. The van der Waals surface area contributed by atoms with E-state index in [9.17, 15) is 0 Å². The van der Waals surface area contributed by atoms with Crippen LogP contribution in [0.1, 0.15) is 60.8 Å². The average molecular weight is 227 g/mol. The Morgan fingerprint density at radius 3 is 2.31 bits per heavy atom. The first-order valence-electron chi connectivity index (χ1n) is 6.78. The lowest BCUT2D eigenvalue weighted by molar-refractivity contribution is -0.203. The molecule has 0 amide bonds. The highest BCUT2D eigenvalue weighted by Gasteiger charge is 2.47.